The molecule has 0 aliphatic heterocycles. The van der Waals surface area contributed by atoms with Gasteiger partial charge in [0.25, 0.3) is 0 Å². The number of benzene rings is 1. The lowest BCUT2D eigenvalue weighted by Gasteiger charge is -2.16. The zero-order valence-electron chi connectivity index (χ0n) is 12.0. The second-order valence-corrected chi connectivity index (χ2v) is 5.28. The lowest BCUT2D eigenvalue weighted by molar-refractivity contribution is -0.145. The molecule has 1 aromatic carbocycles. The van der Waals surface area contributed by atoms with Crippen molar-refractivity contribution >= 4 is 35.1 Å². The van der Waals surface area contributed by atoms with Gasteiger partial charge in [0.2, 0.25) is 0 Å². The maximum atomic E-state index is 11.9. The number of hydrogen-bond donors (Lipinski definition) is 0. The molecule has 0 aliphatic rings. The summed E-state index contributed by atoms with van der Waals surface area (Å²) in [5.74, 6) is -1.18. The molecule has 0 heterocycles. The number of methoxy groups -OCH3 is 1. The molecule has 116 valence electrons. The quantitative estimate of drug-likeness (QED) is 0.708. The monoisotopic (exact) mass is 332 g/mol. The van der Waals surface area contributed by atoms with E-state index in [1.54, 1.807) is 25.1 Å². The Bertz CT molecular complexity index is 502. The number of halogens is 2. The summed E-state index contributed by atoms with van der Waals surface area (Å²) in [7, 11) is 1.32. The Kier molecular flexibility index (Phi) is 7.54. The van der Waals surface area contributed by atoms with Crippen LogP contribution in [0.1, 0.15) is 37.7 Å². The largest absolute Gasteiger partial charge is 0.469 e. The Balaban J connectivity index is 2.77. The second kappa shape index (κ2) is 8.90. The van der Waals surface area contributed by atoms with E-state index in [1.165, 1.54) is 7.11 Å². The summed E-state index contributed by atoms with van der Waals surface area (Å²) in [6.07, 6.45) is 1.22. The van der Waals surface area contributed by atoms with Crippen molar-refractivity contribution in [2.45, 2.75) is 32.1 Å². The second-order valence-electron chi connectivity index (χ2n) is 4.44. The van der Waals surface area contributed by atoms with Gasteiger partial charge in [-0.2, -0.15) is 0 Å². The molecule has 6 heteroatoms. The third kappa shape index (κ3) is 5.56. The summed E-state index contributed by atoms with van der Waals surface area (Å²) in [5, 5.41) is 0.910. The fourth-order valence-electron chi connectivity index (χ4n) is 2.01. The third-order valence-corrected chi connectivity index (χ3v) is 3.57. The number of ether oxygens (including phenoxy) is 2. The van der Waals surface area contributed by atoms with E-state index in [4.69, 9.17) is 32.7 Å². The van der Waals surface area contributed by atoms with E-state index in [1.807, 2.05) is 0 Å². The van der Waals surface area contributed by atoms with Gasteiger partial charge in [-0.1, -0.05) is 29.3 Å². The van der Waals surface area contributed by atoms with Crippen molar-refractivity contribution in [3.05, 3.63) is 33.8 Å². The minimum Gasteiger partial charge on any atom is -0.469 e. The predicted octanol–water partition coefficient (Wildman–Crippen LogP) is 3.98. The van der Waals surface area contributed by atoms with Gasteiger partial charge >= 0.3 is 11.9 Å². The number of esters is 2. The van der Waals surface area contributed by atoms with Crippen molar-refractivity contribution in [1.82, 2.24) is 0 Å². The maximum absolute atomic E-state index is 11.9. The minimum absolute atomic E-state index is 0.256. The van der Waals surface area contributed by atoms with Gasteiger partial charge in [0.1, 0.15) is 0 Å². The zero-order chi connectivity index (χ0) is 15.8. The summed E-state index contributed by atoms with van der Waals surface area (Å²) in [4.78, 5) is 23.3. The van der Waals surface area contributed by atoms with Gasteiger partial charge in [0.05, 0.1) is 19.6 Å². The van der Waals surface area contributed by atoms with Crippen LogP contribution in [0.4, 0.5) is 0 Å². The van der Waals surface area contributed by atoms with Crippen LogP contribution < -0.4 is 0 Å². The van der Waals surface area contributed by atoms with Crippen molar-refractivity contribution in [3.63, 3.8) is 0 Å². The molecule has 0 fully saturated rings. The van der Waals surface area contributed by atoms with Crippen LogP contribution in [0.2, 0.25) is 10.0 Å². The summed E-state index contributed by atoms with van der Waals surface area (Å²) in [6.45, 7) is 2.10. The fourth-order valence-corrected chi connectivity index (χ4v) is 2.55. The molecule has 0 aliphatic carbocycles. The van der Waals surface area contributed by atoms with E-state index in [-0.39, 0.29) is 18.4 Å². The Morgan fingerprint density at radius 3 is 2.57 bits per heavy atom. The predicted molar refractivity (Wildman–Crippen MR) is 81.7 cm³/mol. The third-order valence-electron chi connectivity index (χ3n) is 3.00. The van der Waals surface area contributed by atoms with Gasteiger partial charge < -0.3 is 9.47 Å². The van der Waals surface area contributed by atoms with E-state index in [9.17, 15) is 9.59 Å². The highest BCUT2D eigenvalue weighted by Gasteiger charge is 2.24. The van der Waals surface area contributed by atoms with E-state index >= 15 is 0 Å². The molecule has 0 bridgehead atoms. The van der Waals surface area contributed by atoms with Crippen LogP contribution in [0.15, 0.2) is 18.2 Å². The summed E-state index contributed by atoms with van der Waals surface area (Å²) < 4.78 is 9.67. The van der Waals surface area contributed by atoms with E-state index in [2.05, 4.69) is 0 Å². The molecule has 4 nitrogen and oxygen atoms in total. The Labute approximate surface area is 134 Å². The van der Waals surface area contributed by atoms with Crippen molar-refractivity contribution < 1.29 is 19.1 Å². The van der Waals surface area contributed by atoms with Crippen LogP contribution in [-0.4, -0.2) is 25.7 Å². The Hall–Kier alpha value is -1.26. The highest BCUT2D eigenvalue weighted by molar-refractivity contribution is 6.35. The molecule has 0 N–H and O–H groups in total. The zero-order valence-corrected chi connectivity index (χ0v) is 13.5. The average Bonchev–Trinajstić information content (AvgIpc) is 2.44. The Morgan fingerprint density at radius 2 is 2.00 bits per heavy atom. The number of carbonyl (C=O) groups excluding carboxylic acids is 2. The van der Waals surface area contributed by atoms with Crippen molar-refractivity contribution in [3.8, 4) is 0 Å². The number of carbonyl (C=O) groups is 2. The van der Waals surface area contributed by atoms with Crippen LogP contribution in [0.5, 0.6) is 0 Å². The molecule has 0 radical (unpaired) electrons. The van der Waals surface area contributed by atoms with Crippen molar-refractivity contribution in [2.24, 2.45) is 0 Å². The van der Waals surface area contributed by atoms with Gasteiger partial charge in [-0.15, -0.1) is 0 Å². The first-order valence-electron chi connectivity index (χ1n) is 6.68. The molecule has 21 heavy (non-hydrogen) atoms. The van der Waals surface area contributed by atoms with Gasteiger partial charge in [0.15, 0.2) is 0 Å². The number of hydrogen-bond acceptors (Lipinski definition) is 4. The normalized spacial score (nSPS) is 11.8. The van der Waals surface area contributed by atoms with Gasteiger partial charge in [-0.3, -0.25) is 9.59 Å². The maximum Gasteiger partial charge on any atom is 0.313 e. The van der Waals surface area contributed by atoms with Crippen molar-refractivity contribution in [2.75, 3.05) is 13.7 Å². The van der Waals surface area contributed by atoms with Gasteiger partial charge in [0, 0.05) is 16.5 Å². The molecular formula is C15H18Cl2O4. The van der Waals surface area contributed by atoms with Crippen LogP contribution in [-0.2, 0) is 19.1 Å². The van der Waals surface area contributed by atoms with E-state index in [0.717, 1.165) is 0 Å². The van der Waals surface area contributed by atoms with Crippen molar-refractivity contribution in [1.29, 1.82) is 0 Å². The van der Waals surface area contributed by atoms with Gasteiger partial charge in [-0.25, -0.2) is 0 Å². The smallest absolute Gasteiger partial charge is 0.313 e. The molecule has 0 saturated heterocycles. The lowest BCUT2D eigenvalue weighted by atomic mass is 9.93. The molecule has 0 spiro atoms. The highest BCUT2D eigenvalue weighted by atomic mass is 35.5. The molecule has 1 aromatic rings. The molecule has 1 unspecified atom stereocenters. The highest BCUT2D eigenvalue weighted by Crippen LogP contribution is 2.31. The van der Waals surface area contributed by atoms with Gasteiger partial charge in [-0.05, 0) is 37.5 Å². The van der Waals surface area contributed by atoms with E-state index < -0.39 is 5.92 Å². The summed E-state index contributed by atoms with van der Waals surface area (Å²) in [5.41, 5.74) is 0.650. The van der Waals surface area contributed by atoms with Crippen LogP contribution >= 0.6 is 23.2 Å². The molecule has 0 aromatic heterocycles. The van der Waals surface area contributed by atoms with Crippen LogP contribution in [0.3, 0.4) is 0 Å². The molecule has 1 rings (SSSR count). The summed E-state index contributed by atoms with van der Waals surface area (Å²) >= 11 is 12.0. The van der Waals surface area contributed by atoms with Crippen LogP contribution in [0, 0.1) is 0 Å². The average molecular weight is 333 g/mol. The molecule has 0 saturated carbocycles. The first-order valence-corrected chi connectivity index (χ1v) is 7.43. The summed E-state index contributed by atoms with van der Waals surface area (Å²) in [6, 6.07) is 4.96. The SMILES string of the molecule is CCOC(=O)CCCC(C(=O)OC)c1ccc(Cl)cc1Cl. The lowest BCUT2D eigenvalue weighted by Crippen LogP contribution is -2.15. The van der Waals surface area contributed by atoms with E-state index in [0.29, 0.717) is 35.1 Å². The standard InChI is InChI=1S/C15H18Cl2O4/c1-3-21-14(18)6-4-5-12(15(19)20-2)11-8-7-10(16)9-13(11)17/h7-9,12H,3-6H2,1-2H3. The number of rotatable bonds is 7. The fraction of sp³-hybridized carbons (Fsp3) is 0.467. The molecule has 1 atom stereocenters. The first-order chi connectivity index (χ1) is 9.99. The molecule has 0 amide bonds. The molecular weight excluding hydrogens is 315 g/mol. The minimum atomic E-state index is -0.519. The Morgan fingerprint density at radius 1 is 1.29 bits per heavy atom. The topological polar surface area (TPSA) is 52.6 Å². The van der Waals surface area contributed by atoms with Crippen LogP contribution in [0.25, 0.3) is 0 Å². The first kappa shape index (κ1) is 17.8.